The SMILES string of the molecule is O=c1c2sc3ccccc3c2[nH]c(=S)n1CCCN1CCN(c2ccccc2F)CC1. The van der Waals surface area contributed by atoms with Crippen LogP contribution in [0, 0.1) is 10.6 Å². The lowest BCUT2D eigenvalue weighted by Gasteiger charge is -2.36. The second-order valence-electron chi connectivity index (χ2n) is 7.82. The van der Waals surface area contributed by atoms with Crippen molar-refractivity contribution in [3.05, 3.63) is 69.5 Å². The summed E-state index contributed by atoms with van der Waals surface area (Å²) in [5.74, 6) is -0.166. The molecule has 0 unspecified atom stereocenters. The van der Waals surface area contributed by atoms with E-state index in [9.17, 15) is 9.18 Å². The Bertz CT molecular complexity index is 1350. The number of para-hydroxylation sites is 1. The van der Waals surface area contributed by atoms with Crippen molar-refractivity contribution in [2.75, 3.05) is 37.6 Å². The molecule has 5 rings (SSSR count). The van der Waals surface area contributed by atoms with Gasteiger partial charge in [0.15, 0.2) is 4.77 Å². The number of anilines is 1. The molecule has 5 nitrogen and oxygen atoms in total. The van der Waals surface area contributed by atoms with Crippen molar-refractivity contribution in [1.82, 2.24) is 14.5 Å². The van der Waals surface area contributed by atoms with Crippen molar-refractivity contribution in [1.29, 1.82) is 0 Å². The lowest BCUT2D eigenvalue weighted by molar-refractivity contribution is 0.249. The van der Waals surface area contributed by atoms with Gasteiger partial charge in [0.2, 0.25) is 0 Å². The average molecular weight is 455 g/mol. The van der Waals surface area contributed by atoms with Gasteiger partial charge in [-0.05, 0) is 43.4 Å². The minimum atomic E-state index is -0.166. The van der Waals surface area contributed by atoms with Crippen molar-refractivity contribution in [3.8, 4) is 0 Å². The number of thiophene rings is 1. The van der Waals surface area contributed by atoms with Gasteiger partial charge >= 0.3 is 0 Å². The Labute approximate surface area is 188 Å². The molecular formula is C23H23FN4OS2. The predicted octanol–water partition coefficient (Wildman–Crippen LogP) is 4.63. The predicted molar refractivity (Wildman–Crippen MR) is 128 cm³/mol. The van der Waals surface area contributed by atoms with Crippen molar-refractivity contribution in [2.45, 2.75) is 13.0 Å². The van der Waals surface area contributed by atoms with Gasteiger partial charge in [-0.3, -0.25) is 14.3 Å². The molecule has 1 N–H and O–H groups in total. The van der Waals surface area contributed by atoms with E-state index in [0.717, 1.165) is 59.4 Å². The standard InChI is InChI=1S/C23H23FN4OS2/c24-17-7-2-3-8-18(17)27-14-12-26(13-15-27)10-5-11-28-22(29)21-20(25-23(28)30)16-6-1-4-9-19(16)31-21/h1-4,6-9H,5,10-15H2,(H,25,30). The van der Waals surface area contributed by atoms with Crippen LogP contribution in [0.2, 0.25) is 0 Å². The highest BCUT2D eigenvalue weighted by molar-refractivity contribution is 7.71. The zero-order valence-electron chi connectivity index (χ0n) is 17.0. The normalized spacial score (nSPS) is 15.2. The summed E-state index contributed by atoms with van der Waals surface area (Å²) in [4.78, 5) is 20.8. The fourth-order valence-corrected chi connectivity index (χ4v) is 5.67. The van der Waals surface area contributed by atoms with Gasteiger partial charge in [-0.15, -0.1) is 11.3 Å². The summed E-state index contributed by atoms with van der Waals surface area (Å²) in [7, 11) is 0. The number of nitrogens with one attached hydrogen (secondary N) is 1. The minimum Gasteiger partial charge on any atom is -0.367 e. The van der Waals surface area contributed by atoms with Crippen LogP contribution in [0.5, 0.6) is 0 Å². The van der Waals surface area contributed by atoms with Gasteiger partial charge < -0.3 is 9.88 Å². The zero-order chi connectivity index (χ0) is 21.4. The number of H-pyrrole nitrogens is 1. The summed E-state index contributed by atoms with van der Waals surface area (Å²) in [5.41, 5.74) is 1.51. The zero-order valence-corrected chi connectivity index (χ0v) is 18.6. The Hall–Kier alpha value is -2.55. The number of nitrogens with zero attached hydrogens (tertiary/aromatic N) is 3. The van der Waals surface area contributed by atoms with E-state index in [0.29, 0.717) is 17.0 Å². The number of benzene rings is 2. The highest BCUT2D eigenvalue weighted by Gasteiger charge is 2.19. The molecule has 8 heteroatoms. The third kappa shape index (κ3) is 3.91. The van der Waals surface area contributed by atoms with Crippen LogP contribution in [0.3, 0.4) is 0 Å². The van der Waals surface area contributed by atoms with E-state index >= 15 is 0 Å². The number of hydrogen-bond acceptors (Lipinski definition) is 5. The maximum absolute atomic E-state index is 14.0. The first-order chi connectivity index (χ1) is 15.1. The summed E-state index contributed by atoms with van der Waals surface area (Å²) in [6.45, 7) is 4.84. The van der Waals surface area contributed by atoms with E-state index in [1.807, 2.05) is 36.4 Å². The Morgan fingerprint density at radius 3 is 2.55 bits per heavy atom. The number of aromatic amines is 1. The van der Waals surface area contributed by atoms with E-state index in [4.69, 9.17) is 12.2 Å². The Kier molecular flexibility index (Phi) is 5.60. The molecular weight excluding hydrogens is 431 g/mol. The number of aromatic nitrogens is 2. The topological polar surface area (TPSA) is 44.3 Å². The molecule has 0 amide bonds. The quantitative estimate of drug-likeness (QED) is 0.447. The van der Waals surface area contributed by atoms with Crippen molar-refractivity contribution >= 4 is 49.5 Å². The molecule has 1 saturated heterocycles. The maximum atomic E-state index is 14.0. The largest absolute Gasteiger partial charge is 0.367 e. The second kappa shape index (κ2) is 8.53. The lowest BCUT2D eigenvalue weighted by Crippen LogP contribution is -2.47. The maximum Gasteiger partial charge on any atom is 0.272 e. The highest BCUT2D eigenvalue weighted by Crippen LogP contribution is 2.30. The van der Waals surface area contributed by atoms with Crippen LogP contribution in [-0.4, -0.2) is 47.2 Å². The molecule has 1 fully saturated rings. The van der Waals surface area contributed by atoms with Crippen LogP contribution in [0.4, 0.5) is 10.1 Å². The summed E-state index contributed by atoms with van der Waals surface area (Å²) < 4.78 is 18.0. The van der Waals surface area contributed by atoms with Crippen LogP contribution in [0.25, 0.3) is 20.3 Å². The third-order valence-corrected chi connectivity index (χ3v) is 7.41. The molecule has 0 aliphatic carbocycles. The second-order valence-corrected chi connectivity index (χ2v) is 9.26. The lowest BCUT2D eigenvalue weighted by atomic mass is 10.2. The van der Waals surface area contributed by atoms with Crippen LogP contribution in [0.1, 0.15) is 6.42 Å². The van der Waals surface area contributed by atoms with Gasteiger partial charge in [0.1, 0.15) is 10.5 Å². The molecule has 31 heavy (non-hydrogen) atoms. The Morgan fingerprint density at radius 2 is 1.74 bits per heavy atom. The van der Waals surface area contributed by atoms with E-state index in [2.05, 4.69) is 14.8 Å². The van der Waals surface area contributed by atoms with Crippen LogP contribution >= 0.6 is 23.6 Å². The minimum absolute atomic E-state index is 0.00989. The molecule has 160 valence electrons. The molecule has 1 aliphatic heterocycles. The van der Waals surface area contributed by atoms with Gasteiger partial charge in [-0.2, -0.15) is 0 Å². The molecule has 3 heterocycles. The highest BCUT2D eigenvalue weighted by atomic mass is 32.1. The average Bonchev–Trinajstić information content (AvgIpc) is 3.16. The van der Waals surface area contributed by atoms with Gasteiger partial charge in [-0.1, -0.05) is 30.3 Å². The first-order valence-electron chi connectivity index (χ1n) is 10.5. The summed E-state index contributed by atoms with van der Waals surface area (Å²) >= 11 is 7.02. The summed E-state index contributed by atoms with van der Waals surface area (Å²) in [5, 5.41) is 1.05. The molecule has 2 aromatic carbocycles. The molecule has 2 aromatic heterocycles. The van der Waals surface area contributed by atoms with Gasteiger partial charge in [0.25, 0.3) is 5.56 Å². The van der Waals surface area contributed by atoms with Gasteiger partial charge in [0, 0.05) is 42.8 Å². The molecule has 0 spiro atoms. The summed E-state index contributed by atoms with van der Waals surface area (Å²) in [6, 6.07) is 14.9. The molecule has 0 radical (unpaired) electrons. The molecule has 0 atom stereocenters. The van der Waals surface area contributed by atoms with Crippen LogP contribution < -0.4 is 10.5 Å². The fraction of sp³-hybridized carbons (Fsp3) is 0.304. The molecule has 0 saturated carbocycles. The molecule has 0 bridgehead atoms. The number of rotatable bonds is 5. The van der Waals surface area contributed by atoms with E-state index < -0.39 is 0 Å². The smallest absolute Gasteiger partial charge is 0.272 e. The van der Waals surface area contributed by atoms with E-state index in [-0.39, 0.29) is 11.4 Å². The Balaban J connectivity index is 1.24. The monoisotopic (exact) mass is 454 g/mol. The number of piperazine rings is 1. The van der Waals surface area contributed by atoms with Crippen LogP contribution in [-0.2, 0) is 6.54 Å². The van der Waals surface area contributed by atoms with Gasteiger partial charge in [0.05, 0.1) is 11.2 Å². The third-order valence-electron chi connectivity index (χ3n) is 5.93. The van der Waals surface area contributed by atoms with Gasteiger partial charge in [-0.25, -0.2) is 4.39 Å². The number of hydrogen-bond donors (Lipinski definition) is 1. The van der Waals surface area contributed by atoms with Crippen molar-refractivity contribution in [2.24, 2.45) is 0 Å². The van der Waals surface area contributed by atoms with E-state index in [1.54, 1.807) is 10.6 Å². The van der Waals surface area contributed by atoms with Crippen LogP contribution in [0.15, 0.2) is 53.3 Å². The first-order valence-corrected chi connectivity index (χ1v) is 11.7. The fourth-order valence-electron chi connectivity index (χ4n) is 4.29. The Morgan fingerprint density at radius 1 is 1.00 bits per heavy atom. The molecule has 4 aromatic rings. The number of halogens is 1. The van der Waals surface area contributed by atoms with E-state index in [1.165, 1.54) is 17.4 Å². The number of fused-ring (bicyclic) bond motifs is 3. The van der Waals surface area contributed by atoms with Crippen molar-refractivity contribution in [3.63, 3.8) is 0 Å². The molecule has 1 aliphatic rings. The summed E-state index contributed by atoms with van der Waals surface area (Å²) in [6.07, 6.45) is 0.841. The first kappa shape index (κ1) is 20.4. The van der Waals surface area contributed by atoms with Crippen molar-refractivity contribution < 1.29 is 4.39 Å².